The van der Waals surface area contributed by atoms with E-state index in [0.29, 0.717) is 66.3 Å². The number of fused-ring (bicyclic) bond motifs is 15. The van der Waals surface area contributed by atoms with Crippen molar-refractivity contribution in [2.45, 2.75) is 0 Å². The van der Waals surface area contributed by atoms with Gasteiger partial charge in [0.1, 0.15) is 83.6 Å². The molecule has 6 aliphatic rings. The maximum Gasteiger partial charge on any atom is 0.189 e. The normalized spacial score (nSPS) is 22.7. The van der Waals surface area contributed by atoms with Crippen LogP contribution in [0.1, 0.15) is 0 Å². The molecule has 9 nitrogen and oxygen atoms in total. The van der Waals surface area contributed by atoms with Crippen LogP contribution in [0.4, 0.5) is 0 Å². The van der Waals surface area contributed by atoms with Crippen LogP contribution in [-0.4, -0.2) is 0 Å². The Morgan fingerprint density at radius 3 is 0.796 bits per heavy atom. The Kier molecular flexibility index (Phi) is 5.23. The van der Waals surface area contributed by atoms with Gasteiger partial charge in [-0.15, -0.1) is 0 Å². The van der Waals surface area contributed by atoms with Gasteiger partial charge < -0.3 is 42.1 Å². The van der Waals surface area contributed by atoms with Crippen LogP contribution in [-0.2, 0) is 13.7 Å². The monoisotopic (exact) mass is 762 g/mol. The van der Waals surface area contributed by atoms with Gasteiger partial charge in [0.05, 0.1) is 15.9 Å². The topological polar surface area (TPSA) is 107 Å². The molecule has 0 N–H and O–H groups in total. The van der Waals surface area contributed by atoms with E-state index in [2.05, 4.69) is 0 Å². The lowest BCUT2D eigenvalue weighted by atomic mass is 10.2. The molecule has 0 fully saturated rings. The molecule has 0 aliphatic carbocycles. The molecule has 0 saturated carbocycles. The lowest BCUT2D eigenvalue weighted by Crippen LogP contribution is -2.47. The maximum atomic E-state index is 16.8. The van der Waals surface area contributed by atoms with Gasteiger partial charge in [-0.1, -0.05) is 54.6 Å². The highest BCUT2D eigenvalue weighted by atomic mass is 31.2. The van der Waals surface area contributed by atoms with Crippen LogP contribution in [0, 0.1) is 0 Å². The first kappa shape index (κ1) is 29.5. The number of ether oxygens (including phenoxy) is 6. The number of benzene rings is 7. The Labute approximate surface area is 306 Å². The molecule has 258 valence electrons. The van der Waals surface area contributed by atoms with Crippen molar-refractivity contribution >= 4 is 69.2 Å². The van der Waals surface area contributed by atoms with Gasteiger partial charge in [0, 0.05) is 0 Å². The molecule has 0 amide bonds. The molecule has 54 heavy (non-hydrogen) atoms. The van der Waals surface area contributed by atoms with E-state index in [1.165, 1.54) is 0 Å². The van der Waals surface area contributed by atoms with Gasteiger partial charge in [0.2, 0.25) is 0 Å². The summed E-state index contributed by atoms with van der Waals surface area (Å²) >= 11 is 0. The zero-order valence-electron chi connectivity index (χ0n) is 27.6. The quantitative estimate of drug-likeness (QED) is 0.148. The van der Waals surface area contributed by atoms with Crippen molar-refractivity contribution in [1.82, 2.24) is 0 Å². The Hall–Kier alpha value is -5.97. The van der Waals surface area contributed by atoms with Gasteiger partial charge in [-0.25, -0.2) is 0 Å². The van der Waals surface area contributed by atoms with Crippen molar-refractivity contribution in [3.63, 3.8) is 0 Å². The van der Waals surface area contributed by atoms with Gasteiger partial charge in [-0.2, -0.15) is 0 Å². The zero-order chi connectivity index (χ0) is 35.7. The van der Waals surface area contributed by atoms with E-state index in [4.69, 9.17) is 28.4 Å². The van der Waals surface area contributed by atoms with Crippen molar-refractivity contribution in [3.8, 4) is 69.0 Å². The third-order valence-electron chi connectivity index (χ3n) is 11.0. The molecule has 3 unspecified atom stereocenters. The van der Waals surface area contributed by atoms with E-state index >= 15 is 13.7 Å². The number of hydrogen-bond donors (Lipinski definition) is 0. The van der Waals surface area contributed by atoms with Crippen molar-refractivity contribution in [3.05, 3.63) is 127 Å². The van der Waals surface area contributed by atoms with Crippen LogP contribution in [0.2, 0.25) is 0 Å². The minimum atomic E-state index is -4.04. The third kappa shape index (κ3) is 3.19. The average molecular weight is 763 g/mol. The van der Waals surface area contributed by atoms with Gasteiger partial charge in [-0.05, 0) is 72.8 Å². The first-order chi connectivity index (χ1) is 26.4. The molecular weight excluding hydrogens is 741 g/mol. The molecule has 6 heterocycles. The summed E-state index contributed by atoms with van der Waals surface area (Å²) in [5.41, 5.74) is 0. The van der Waals surface area contributed by atoms with Crippen molar-refractivity contribution in [2.24, 2.45) is 0 Å². The third-order valence-corrected chi connectivity index (χ3v) is 20.4. The summed E-state index contributed by atoms with van der Waals surface area (Å²) in [6.45, 7) is 0. The van der Waals surface area contributed by atoms with Gasteiger partial charge in [0.15, 0.2) is 38.7 Å². The number of rotatable bonds is 0. The Morgan fingerprint density at radius 1 is 0.259 bits per heavy atom. The van der Waals surface area contributed by atoms with E-state index in [-0.39, 0.29) is 50.4 Å². The van der Waals surface area contributed by atoms with E-state index in [1.54, 1.807) is 109 Å². The van der Waals surface area contributed by atoms with Gasteiger partial charge in [0.25, 0.3) is 0 Å². The fourth-order valence-electron chi connectivity index (χ4n) is 8.88. The second-order valence-electron chi connectivity index (χ2n) is 13.7. The summed E-state index contributed by atoms with van der Waals surface area (Å²) in [4.78, 5) is 0. The lowest BCUT2D eigenvalue weighted by Gasteiger charge is -2.43. The Morgan fingerprint density at radius 2 is 0.500 bits per heavy atom. The first-order valence-corrected chi connectivity index (χ1v) is 22.3. The summed E-state index contributed by atoms with van der Waals surface area (Å²) in [5, 5.41) is 2.70. The summed E-state index contributed by atoms with van der Waals surface area (Å²) < 4.78 is 90.3. The minimum Gasteiger partial charge on any atom is -0.456 e. The van der Waals surface area contributed by atoms with Crippen LogP contribution >= 0.6 is 21.4 Å². The smallest absolute Gasteiger partial charge is 0.189 e. The van der Waals surface area contributed by atoms with Crippen molar-refractivity contribution in [2.75, 3.05) is 0 Å². The molecule has 0 saturated heterocycles. The Bertz CT molecular complexity index is 2780. The van der Waals surface area contributed by atoms with E-state index in [1.807, 2.05) is 18.2 Å². The Balaban J connectivity index is 1.28. The standard InChI is InChI=1S/C42H21O9P3/c43-52-31-19-4-1-10-22(31)46-25-13-7-16-28(37(25)52)49-34-40(52)35-42(53(44)32-20-5-2-11-23(32)47-26-14-8-17-29(50-35)38(26)53)36-41(34)54(45)33-21-6-3-12-24(33)48-27-15-9-18-30(51-36)39(27)54/h1-21H. The van der Waals surface area contributed by atoms with E-state index in [9.17, 15) is 0 Å². The molecule has 0 bridgehead atoms. The second kappa shape index (κ2) is 9.57. The highest BCUT2D eigenvalue weighted by Crippen LogP contribution is 2.69. The summed E-state index contributed by atoms with van der Waals surface area (Å²) in [7, 11) is -12.1. The zero-order valence-corrected chi connectivity index (χ0v) is 30.3. The first-order valence-electron chi connectivity index (χ1n) is 17.2. The van der Waals surface area contributed by atoms with Crippen molar-refractivity contribution in [1.29, 1.82) is 0 Å². The molecule has 13 rings (SSSR count). The van der Waals surface area contributed by atoms with Gasteiger partial charge in [-0.3, -0.25) is 0 Å². The predicted octanol–water partition coefficient (Wildman–Crippen LogP) is 7.24. The fraction of sp³-hybridized carbons (Fsp3) is 0. The van der Waals surface area contributed by atoms with Crippen LogP contribution in [0.3, 0.4) is 0 Å². The molecule has 0 spiro atoms. The predicted molar refractivity (Wildman–Crippen MR) is 205 cm³/mol. The largest absolute Gasteiger partial charge is 0.456 e. The molecule has 6 aliphatic heterocycles. The summed E-state index contributed by atoms with van der Waals surface area (Å²) in [5.74, 6) is 3.36. The van der Waals surface area contributed by atoms with E-state index in [0.717, 1.165) is 0 Å². The second-order valence-corrected chi connectivity index (χ2v) is 21.5. The number of hydrogen-bond acceptors (Lipinski definition) is 9. The molecular formula is C42H21O9P3. The van der Waals surface area contributed by atoms with Crippen molar-refractivity contribution < 1.29 is 42.1 Å². The highest BCUT2D eigenvalue weighted by molar-refractivity contribution is 7.89. The van der Waals surface area contributed by atoms with Crippen LogP contribution in [0.5, 0.6) is 69.0 Å². The molecule has 0 radical (unpaired) electrons. The van der Waals surface area contributed by atoms with Crippen LogP contribution in [0.15, 0.2) is 127 Å². The minimum absolute atomic E-state index is 0.0710. The molecule has 0 aromatic heterocycles. The average Bonchev–Trinajstić information content (AvgIpc) is 3.18. The molecule has 7 aromatic carbocycles. The number of para-hydroxylation sites is 3. The van der Waals surface area contributed by atoms with E-state index < -0.39 is 21.4 Å². The van der Waals surface area contributed by atoms with Crippen LogP contribution in [0.25, 0.3) is 0 Å². The molecule has 12 heteroatoms. The fourth-order valence-corrected chi connectivity index (χ4v) is 18.7. The summed E-state index contributed by atoms with van der Waals surface area (Å²) in [6.07, 6.45) is 0. The highest BCUT2D eigenvalue weighted by Gasteiger charge is 2.60. The summed E-state index contributed by atoms with van der Waals surface area (Å²) in [6, 6.07) is 37.2. The molecule has 7 aromatic rings. The SMILES string of the molecule is O=P12c3ccccc3Oc3cccc(c31)Oc1c2c2c(c3c1P1(=O)c4ccccc4Oc4cccc(c41)O3)P1(=O)c3ccccc3Oc3cccc(c31)O2. The maximum absolute atomic E-state index is 16.8. The van der Waals surface area contributed by atoms with Crippen LogP contribution < -0.4 is 76.2 Å². The lowest BCUT2D eigenvalue weighted by molar-refractivity contribution is 0.438. The molecule has 3 atom stereocenters. The van der Waals surface area contributed by atoms with Gasteiger partial charge >= 0.3 is 0 Å².